The Bertz CT molecular complexity index is 1640. The first-order valence-electron chi connectivity index (χ1n) is 20.0. The molecule has 0 aromatic rings. The predicted molar refractivity (Wildman–Crippen MR) is 229 cm³/mol. The molecule has 0 aliphatic carbocycles. The molecular formula is C35H57N11O18S2. The van der Waals surface area contributed by atoms with E-state index in [1.165, 1.54) is 4.90 Å². The number of carbonyl (C=O) groups is 12. The monoisotopic (exact) mass is 983 g/mol. The van der Waals surface area contributed by atoms with Crippen molar-refractivity contribution < 1.29 is 87.8 Å². The highest BCUT2D eigenvalue weighted by Crippen LogP contribution is 2.23. The second-order valence-corrected chi connectivity index (χ2v) is 16.5. The zero-order chi connectivity index (χ0) is 49.6. The first-order chi connectivity index (χ1) is 31.2. The van der Waals surface area contributed by atoms with Gasteiger partial charge in [-0.2, -0.15) is 0 Å². The number of aliphatic carboxylic acids is 5. The molecule has 0 bridgehead atoms. The molecule has 3 atom stereocenters. The van der Waals surface area contributed by atoms with Crippen molar-refractivity contribution in [1.29, 1.82) is 0 Å². The van der Waals surface area contributed by atoms with Crippen LogP contribution in [-0.4, -0.2) is 246 Å². The number of rotatable bonds is 32. The minimum Gasteiger partial charge on any atom is -0.480 e. The molecule has 1 saturated heterocycles. The highest BCUT2D eigenvalue weighted by Gasteiger charge is 2.30. The van der Waals surface area contributed by atoms with Gasteiger partial charge in [0.2, 0.25) is 41.4 Å². The molecule has 0 aromatic carbocycles. The number of hydrogen-bond donors (Lipinski definition) is 13. The summed E-state index contributed by atoms with van der Waals surface area (Å²) in [5.41, 5.74) is 5.32. The van der Waals surface area contributed by atoms with Gasteiger partial charge in [0.25, 0.3) is 0 Å². The minimum absolute atomic E-state index is 0.0204. The predicted octanol–water partition coefficient (Wildman–Crippen LogP) is -7.61. The van der Waals surface area contributed by atoms with Crippen LogP contribution in [-0.2, 0) is 62.3 Å². The first kappa shape index (κ1) is 58.2. The number of ether oxygens (including phenoxy) is 1. The summed E-state index contributed by atoms with van der Waals surface area (Å²) < 4.78 is 5.15. The van der Waals surface area contributed by atoms with E-state index in [1.54, 1.807) is 0 Å². The Hall–Kier alpha value is -5.86. The number of hydrogen-bond acceptors (Lipinski definition) is 19. The molecule has 7 amide bonds. The highest BCUT2D eigenvalue weighted by molar-refractivity contribution is 8.76. The smallest absolute Gasteiger partial charge is 0.320 e. The number of nitrogens with one attached hydrogen (secondary N) is 7. The van der Waals surface area contributed by atoms with Gasteiger partial charge in [-0.15, -0.1) is 0 Å². The third kappa shape index (κ3) is 27.5. The molecule has 372 valence electrons. The zero-order valence-corrected chi connectivity index (χ0v) is 37.3. The van der Waals surface area contributed by atoms with Crippen LogP contribution < -0.4 is 43.0 Å². The van der Waals surface area contributed by atoms with Gasteiger partial charge in [-0.25, -0.2) is 0 Å². The van der Waals surface area contributed by atoms with Crippen LogP contribution in [0.4, 0.5) is 0 Å². The largest absolute Gasteiger partial charge is 0.480 e. The lowest BCUT2D eigenvalue weighted by Gasteiger charge is -2.32. The van der Waals surface area contributed by atoms with Crippen molar-refractivity contribution in [3.63, 3.8) is 0 Å². The molecule has 0 spiro atoms. The lowest BCUT2D eigenvalue weighted by molar-refractivity contribution is -0.146. The van der Waals surface area contributed by atoms with Crippen LogP contribution in [0.1, 0.15) is 12.8 Å². The Kier molecular flexibility index (Phi) is 28.8. The second kappa shape index (κ2) is 32.7. The number of amides is 7. The summed E-state index contributed by atoms with van der Waals surface area (Å²) in [6.07, 6.45) is -0.940. The maximum atomic E-state index is 12.8. The number of nitrogens with zero attached hydrogens (tertiary/aromatic N) is 3. The van der Waals surface area contributed by atoms with E-state index in [1.807, 2.05) is 0 Å². The quantitative estimate of drug-likeness (QED) is 0.0220. The fourth-order valence-corrected chi connectivity index (χ4v) is 7.90. The van der Waals surface area contributed by atoms with E-state index in [-0.39, 0.29) is 57.4 Å². The summed E-state index contributed by atoms with van der Waals surface area (Å²) in [4.78, 5) is 149. The Balaban J connectivity index is 2.76. The van der Waals surface area contributed by atoms with E-state index in [0.29, 0.717) is 13.2 Å². The molecule has 0 aromatic heterocycles. The van der Waals surface area contributed by atoms with Gasteiger partial charge in [-0.05, 0) is 6.42 Å². The van der Waals surface area contributed by atoms with Gasteiger partial charge < -0.3 is 73.2 Å². The number of carboxylic acids is 5. The van der Waals surface area contributed by atoms with Gasteiger partial charge in [0.05, 0.1) is 65.6 Å². The molecule has 14 N–H and O–H groups in total. The van der Waals surface area contributed by atoms with E-state index < -0.39 is 148 Å². The minimum atomic E-state index is -1.51. The van der Waals surface area contributed by atoms with Gasteiger partial charge >= 0.3 is 29.8 Å². The zero-order valence-electron chi connectivity index (χ0n) is 35.7. The van der Waals surface area contributed by atoms with Crippen molar-refractivity contribution in [1.82, 2.24) is 51.9 Å². The van der Waals surface area contributed by atoms with Crippen LogP contribution in [0.5, 0.6) is 0 Å². The molecule has 31 heteroatoms. The van der Waals surface area contributed by atoms with Crippen molar-refractivity contribution in [2.75, 3.05) is 116 Å². The average molecular weight is 984 g/mol. The van der Waals surface area contributed by atoms with E-state index in [0.717, 1.165) is 31.4 Å². The molecule has 0 radical (unpaired) electrons. The highest BCUT2D eigenvalue weighted by atomic mass is 33.1. The molecule has 1 aliphatic heterocycles. The summed E-state index contributed by atoms with van der Waals surface area (Å²) in [6, 6.07) is -3.79. The lowest BCUT2D eigenvalue weighted by Crippen LogP contribution is -2.54. The summed E-state index contributed by atoms with van der Waals surface area (Å²) in [5, 5.41) is 63.5. The van der Waals surface area contributed by atoms with Gasteiger partial charge in [0, 0.05) is 57.2 Å². The SMILES string of the molecule is NCCOCCNC(=O)CNC(=O)[C@@H]1CSSC[C@H](NC(=O)CNC(=O)CNC(=O)CC[C@@H](C(=O)O)N(CCN(CC(=O)O)CC(=O)O)CCN(CC(=O)O)CC(=O)O)C(=O)NCC(=O)N1. The van der Waals surface area contributed by atoms with Gasteiger partial charge in [0.15, 0.2) is 0 Å². The Labute approximate surface area is 384 Å². The summed E-state index contributed by atoms with van der Waals surface area (Å²) in [7, 11) is 2.18. The van der Waals surface area contributed by atoms with Crippen molar-refractivity contribution in [2.45, 2.75) is 31.0 Å². The van der Waals surface area contributed by atoms with Gasteiger partial charge in [0.1, 0.15) is 18.1 Å². The molecule has 0 unspecified atom stereocenters. The topological polar surface area (TPSA) is 435 Å². The van der Waals surface area contributed by atoms with Crippen molar-refractivity contribution >= 4 is 92.8 Å². The molecule has 66 heavy (non-hydrogen) atoms. The second-order valence-electron chi connectivity index (χ2n) is 14.0. The maximum Gasteiger partial charge on any atom is 0.320 e. The standard InChI is InChI=1S/C35H57N11O18S2/c36-3-9-64-10-4-37-25(48)12-40-33(60)21-19-65-66-20-22(34(61)41-14-28(51)43-21)42-27(50)13-39-26(49)11-38-24(47)2-1-23(35(62)63)46(7-5-44(15-29(52)53)16-30(54)55)8-6-45(17-31(56)57)18-32(58)59/h21-23H,1-20,36H2,(H,37,48)(H,38,47)(H,39,49)(H,40,60)(H,41,61)(H,42,50)(H,43,51)(H,52,53)(H,54,55)(H,56,57)(H,58,59)(H,62,63)/t21-,22-,23-/m0/s1. The Morgan fingerprint density at radius 2 is 1.20 bits per heavy atom. The Morgan fingerprint density at radius 3 is 1.74 bits per heavy atom. The van der Waals surface area contributed by atoms with Crippen LogP contribution in [0.15, 0.2) is 0 Å². The molecular weight excluding hydrogens is 927 g/mol. The molecule has 29 nitrogen and oxygen atoms in total. The van der Waals surface area contributed by atoms with Crippen LogP contribution >= 0.6 is 21.6 Å². The van der Waals surface area contributed by atoms with E-state index >= 15 is 0 Å². The molecule has 1 heterocycles. The summed E-state index contributed by atoms with van der Waals surface area (Å²) in [6.45, 7) is -5.37. The third-order valence-corrected chi connectivity index (χ3v) is 11.1. The van der Waals surface area contributed by atoms with Crippen LogP contribution in [0.3, 0.4) is 0 Å². The maximum absolute atomic E-state index is 12.8. The lowest BCUT2D eigenvalue weighted by atomic mass is 10.1. The molecule has 1 aliphatic rings. The van der Waals surface area contributed by atoms with Crippen molar-refractivity contribution in [2.24, 2.45) is 5.73 Å². The average Bonchev–Trinajstić information content (AvgIpc) is 3.25. The van der Waals surface area contributed by atoms with Crippen LogP contribution in [0.25, 0.3) is 0 Å². The molecule has 0 saturated carbocycles. The van der Waals surface area contributed by atoms with E-state index in [9.17, 15) is 83.1 Å². The van der Waals surface area contributed by atoms with Crippen LogP contribution in [0.2, 0.25) is 0 Å². The van der Waals surface area contributed by atoms with Gasteiger partial charge in [-0.3, -0.25) is 72.2 Å². The normalized spacial score (nSPS) is 15.9. The Morgan fingerprint density at radius 1 is 0.682 bits per heavy atom. The fraction of sp³-hybridized carbons (Fsp3) is 0.657. The van der Waals surface area contributed by atoms with E-state index in [2.05, 4.69) is 37.2 Å². The summed E-state index contributed by atoms with van der Waals surface area (Å²) >= 11 is 0. The van der Waals surface area contributed by atoms with Gasteiger partial charge in [-0.1, -0.05) is 21.6 Å². The number of carboxylic acid groups (broad SMARTS) is 5. The first-order valence-corrected chi connectivity index (χ1v) is 22.4. The third-order valence-electron chi connectivity index (χ3n) is 8.64. The van der Waals surface area contributed by atoms with E-state index in [4.69, 9.17) is 10.5 Å². The molecule has 1 fully saturated rings. The fourth-order valence-electron chi connectivity index (χ4n) is 5.58. The number of carbonyl (C=O) groups excluding carboxylic acids is 7. The number of nitrogens with two attached hydrogens (primary N) is 1. The van der Waals surface area contributed by atoms with Crippen molar-refractivity contribution in [3.05, 3.63) is 0 Å². The van der Waals surface area contributed by atoms with Crippen LogP contribution in [0, 0.1) is 0 Å². The molecule has 1 rings (SSSR count). The summed E-state index contributed by atoms with van der Waals surface area (Å²) in [5.74, 6) is -12.2. The van der Waals surface area contributed by atoms with Crippen molar-refractivity contribution in [3.8, 4) is 0 Å².